The molecule has 126 valence electrons. The molecule has 1 saturated heterocycles. The molecular formula is C19H28N2O2. The van der Waals surface area contributed by atoms with Crippen LogP contribution in [-0.4, -0.2) is 35.0 Å². The van der Waals surface area contributed by atoms with Crippen molar-refractivity contribution in [2.75, 3.05) is 13.1 Å². The molecule has 1 saturated carbocycles. The van der Waals surface area contributed by atoms with Crippen LogP contribution in [0.1, 0.15) is 50.5 Å². The fourth-order valence-electron chi connectivity index (χ4n) is 3.86. The third-order valence-corrected chi connectivity index (χ3v) is 5.24. The first-order valence-corrected chi connectivity index (χ1v) is 8.98. The summed E-state index contributed by atoms with van der Waals surface area (Å²) >= 11 is 0. The van der Waals surface area contributed by atoms with Gasteiger partial charge < -0.3 is 10.4 Å². The van der Waals surface area contributed by atoms with Gasteiger partial charge in [-0.1, -0.05) is 25.0 Å². The molecule has 0 atom stereocenters. The summed E-state index contributed by atoms with van der Waals surface area (Å²) < 4.78 is 0. The summed E-state index contributed by atoms with van der Waals surface area (Å²) in [4.78, 5) is 14.5. The maximum absolute atomic E-state index is 12.1. The molecule has 1 aromatic carbocycles. The topological polar surface area (TPSA) is 52.6 Å². The van der Waals surface area contributed by atoms with Crippen LogP contribution in [0.5, 0.6) is 5.75 Å². The summed E-state index contributed by atoms with van der Waals surface area (Å²) in [5.41, 5.74) is 1.23. The summed E-state index contributed by atoms with van der Waals surface area (Å²) in [6, 6.07) is 7.78. The van der Waals surface area contributed by atoms with Crippen molar-refractivity contribution in [2.45, 2.75) is 57.5 Å². The van der Waals surface area contributed by atoms with E-state index in [-0.39, 0.29) is 5.91 Å². The molecule has 1 aliphatic carbocycles. The SMILES string of the molecule is O=C(CC1CCCC1)NC1CCN(Cc2ccc(O)cc2)CC1. The monoisotopic (exact) mass is 316 g/mol. The van der Waals surface area contributed by atoms with Crippen molar-refractivity contribution in [2.24, 2.45) is 5.92 Å². The van der Waals surface area contributed by atoms with Crippen molar-refractivity contribution in [1.82, 2.24) is 10.2 Å². The number of phenols is 1. The Kier molecular flexibility index (Phi) is 5.55. The van der Waals surface area contributed by atoms with Crippen LogP contribution in [0.15, 0.2) is 24.3 Å². The van der Waals surface area contributed by atoms with E-state index >= 15 is 0 Å². The second kappa shape index (κ2) is 7.82. The van der Waals surface area contributed by atoms with Gasteiger partial charge in [-0.25, -0.2) is 0 Å². The number of phenolic OH excluding ortho intramolecular Hbond substituents is 1. The number of carbonyl (C=O) groups excluding carboxylic acids is 1. The molecule has 0 aromatic heterocycles. The van der Waals surface area contributed by atoms with Gasteiger partial charge in [0.15, 0.2) is 0 Å². The van der Waals surface area contributed by atoms with E-state index in [0.29, 0.717) is 17.7 Å². The van der Waals surface area contributed by atoms with Crippen molar-refractivity contribution < 1.29 is 9.90 Å². The van der Waals surface area contributed by atoms with Crippen LogP contribution in [0.2, 0.25) is 0 Å². The summed E-state index contributed by atoms with van der Waals surface area (Å²) in [6.45, 7) is 2.97. The molecule has 1 heterocycles. The van der Waals surface area contributed by atoms with Gasteiger partial charge in [0.2, 0.25) is 5.91 Å². The van der Waals surface area contributed by atoms with Crippen LogP contribution in [0.3, 0.4) is 0 Å². The molecule has 0 spiro atoms. The summed E-state index contributed by atoms with van der Waals surface area (Å²) in [7, 11) is 0. The number of nitrogens with one attached hydrogen (secondary N) is 1. The number of benzene rings is 1. The highest BCUT2D eigenvalue weighted by atomic mass is 16.3. The summed E-state index contributed by atoms with van der Waals surface area (Å²) in [5, 5.41) is 12.6. The van der Waals surface area contributed by atoms with Gasteiger partial charge >= 0.3 is 0 Å². The Hall–Kier alpha value is -1.55. The van der Waals surface area contributed by atoms with E-state index in [0.717, 1.165) is 38.9 Å². The third-order valence-electron chi connectivity index (χ3n) is 5.24. The standard InChI is InChI=1S/C19H28N2O2/c22-18-7-5-16(6-8-18)14-21-11-9-17(10-12-21)20-19(23)13-15-3-1-2-4-15/h5-8,15,17,22H,1-4,9-14H2,(H,20,23). The lowest BCUT2D eigenvalue weighted by Gasteiger charge is -2.32. The fourth-order valence-corrected chi connectivity index (χ4v) is 3.86. The smallest absolute Gasteiger partial charge is 0.220 e. The van der Waals surface area contributed by atoms with Gasteiger partial charge in [0.05, 0.1) is 0 Å². The van der Waals surface area contributed by atoms with Crippen LogP contribution in [0, 0.1) is 5.92 Å². The first kappa shape index (κ1) is 16.3. The van der Waals surface area contributed by atoms with Crippen LogP contribution >= 0.6 is 0 Å². The Labute approximate surface area is 138 Å². The highest BCUT2D eigenvalue weighted by molar-refractivity contribution is 5.76. The molecule has 3 rings (SSSR count). The highest BCUT2D eigenvalue weighted by Crippen LogP contribution is 2.27. The molecule has 23 heavy (non-hydrogen) atoms. The number of rotatable bonds is 5. The van der Waals surface area contributed by atoms with Gasteiger partial charge in [-0.2, -0.15) is 0 Å². The second-order valence-electron chi connectivity index (χ2n) is 7.14. The van der Waals surface area contributed by atoms with Crippen molar-refractivity contribution in [3.8, 4) is 5.75 Å². The first-order valence-electron chi connectivity index (χ1n) is 8.98. The number of piperidine rings is 1. The lowest BCUT2D eigenvalue weighted by atomic mass is 10.0. The molecule has 0 unspecified atom stereocenters. The molecular weight excluding hydrogens is 288 g/mol. The molecule has 2 aliphatic rings. The predicted molar refractivity (Wildman–Crippen MR) is 91.1 cm³/mol. The van der Waals surface area contributed by atoms with E-state index in [1.54, 1.807) is 12.1 Å². The minimum atomic E-state index is 0.258. The van der Waals surface area contributed by atoms with Gasteiger partial charge in [0.25, 0.3) is 0 Å². The lowest BCUT2D eigenvalue weighted by Crippen LogP contribution is -2.44. The highest BCUT2D eigenvalue weighted by Gasteiger charge is 2.23. The second-order valence-corrected chi connectivity index (χ2v) is 7.14. The zero-order valence-corrected chi connectivity index (χ0v) is 13.8. The maximum atomic E-state index is 12.1. The Morgan fingerprint density at radius 2 is 1.74 bits per heavy atom. The molecule has 1 amide bonds. The Morgan fingerprint density at radius 3 is 2.39 bits per heavy atom. The van der Waals surface area contributed by atoms with Crippen molar-refractivity contribution >= 4 is 5.91 Å². The largest absolute Gasteiger partial charge is 0.508 e. The summed E-state index contributed by atoms with van der Waals surface area (Å²) in [6.07, 6.45) is 7.87. The number of likely N-dealkylation sites (tertiary alicyclic amines) is 1. The van der Waals surface area contributed by atoms with Crippen LogP contribution in [0.4, 0.5) is 0 Å². The summed E-state index contributed by atoms with van der Waals surface area (Å²) in [5.74, 6) is 1.20. The molecule has 4 nitrogen and oxygen atoms in total. The lowest BCUT2D eigenvalue weighted by molar-refractivity contribution is -0.123. The molecule has 2 fully saturated rings. The maximum Gasteiger partial charge on any atom is 0.220 e. The number of carbonyl (C=O) groups is 1. The minimum Gasteiger partial charge on any atom is -0.508 e. The van der Waals surface area contributed by atoms with Crippen LogP contribution in [0.25, 0.3) is 0 Å². The van der Waals surface area contributed by atoms with Crippen molar-refractivity contribution in [3.63, 3.8) is 0 Å². The van der Waals surface area contributed by atoms with E-state index < -0.39 is 0 Å². The van der Waals surface area contributed by atoms with E-state index in [1.165, 1.54) is 31.2 Å². The normalized spacial score (nSPS) is 20.7. The van der Waals surface area contributed by atoms with Crippen LogP contribution in [-0.2, 0) is 11.3 Å². The Bertz CT molecular complexity index is 501. The van der Waals surface area contributed by atoms with Crippen molar-refractivity contribution in [3.05, 3.63) is 29.8 Å². The molecule has 2 N–H and O–H groups in total. The van der Waals surface area contributed by atoms with Gasteiger partial charge in [0, 0.05) is 32.1 Å². The number of amides is 1. The van der Waals surface area contributed by atoms with Crippen LogP contribution < -0.4 is 5.32 Å². The average Bonchev–Trinajstić information content (AvgIpc) is 3.04. The zero-order chi connectivity index (χ0) is 16.1. The van der Waals surface area contributed by atoms with Gasteiger partial charge in [0.1, 0.15) is 5.75 Å². The first-order chi connectivity index (χ1) is 11.2. The zero-order valence-electron chi connectivity index (χ0n) is 13.8. The number of hydrogen-bond donors (Lipinski definition) is 2. The van der Waals surface area contributed by atoms with E-state index in [4.69, 9.17) is 0 Å². The molecule has 1 aliphatic heterocycles. The average molecular weight is 316 g/mol. The number of nitrogens with zero attached hydrogens (tertiary/aromatic N) is 1. The molecule has 0 radical (unpaired) electrons. The molecule has 0 bridgehead atoms. The van der Waals surface area contributed by atoms with Gasteiger partial charge in [-0.05, 0) is 49.3 Å². The van der Waals surface area contributed by atoms with E-state index in [2.05, 4.69) is 10.2 Å². The van der Waals surface area contributed by atoms with E-state index in [9.17, 15) is 9.90 Å². The molecule has 4 heteroatoms. The van der Waals surface area contributed by atoms with E-state index in [1.807, 2.05) is 12.1 Å². The fraction of sp³-hybridized carbons (Fsp3) is 0.632. The van der Waals surface area contributed by atoms with Gasteiger partial charge in [-0.3, -0.25) is 9.69 Å². The predicted octanol–water partition coefficient (Wildman–Crippen LogP) is 3.05. The molecule has 1 aromatic rings. The quantitative estimate of drug-likeness (QED) is 0.878. The Balaban J connectivity index is 1.37. The van der Waals surface area contributed by atoms with Gasteiger partial charge in [-0.15, -0.1) is 0 Å². The third kappa shape index (κ3) is 4.96. The number of aromatic hydroxyl groups is 1. The minimum absolute atomic E-state index is 0.258. The van der Waals surface area contributed by atoms with Crippen molar-refractivity contribution in [1.29, 1.82) is 0 Å². The number of hydrogen-bond acceptors (Lipinski definition) is 3. The Morgan fingerprint density at radius 1 is 1.09 bits per heavy atom.